The number of rotatable bonds is 5. The number of hydrogen-bond acceptors (Lipinski definition) is 3. The van der Waals surface area contributed by atoms with Gasteiger partial charge in [0.15, 0.2) is 0 Å². The van der Waals surface area contributed by atoms with Crippen LogP contribution in [0.4, 0.5) is 0 Å². The Bertz CT molecular complexity index is 540. The van der Waals surface area contributed by atoms with Gasteiger partial charge in [0.05, 0.1) is 4.90 Å². The van der Waals surface area contributed by atoms with Gasteiger partial charge in [-0.25, -0.2) is 8.42 Å². The lowest BCUT2D eigenvalue weighted by molar-refractivity contribution is 0.417. The third-order valence-electron chi connectivity index (χ3n) is 4.20. The smallest absolute Gasteiger partial charge is 0.243 e. The minimum absolute atomic E-state index is 0.422. The highest BCUT2D eigenvalue weighted by molar-refractivity contribution is 7.89. The molecule has 0 aliphatic carbocycles. The Morgan fingerprint density at radius 1 is 1.19 bits per heavy atom. The molecule has 0 radical (unpaired) electrons. The Morgan fingerprint density at radius 3 is 2.57 bits per heavy atom. The van der Waals surface area contributed by atoms with Gasteiger partial charge in [-0.1, -0.05) is 19.1 Å². The molecule has 1 aromatic carbocycles. The van der Waals surface area contributed by atoms with Gasteiger partial charge in [-0.05, 0) is 62.9 Å². The molecule has 0 bridgehead atoms. The number of nitrogens with zero attached hydrogens (tertiary/aromatic N) is 1. The van der Waals surface area contributed by atoms with E-state index in [0.29, 0.717) is 23.9 Å². The van der Waals surface area contributed by atoms with E-state index in [-0.39, 0.29) is 0 Å². The van der Waals surface area contributed by atoms with Crippen LogP contribution in [0.15, 0.2) is 29.2 Å². The summed E-state index contributed by atoms with van der Waals surface area (Å²) in [6.45, 7) is 4.39. The largest absolute Gasteiger partial charge is 0.319 e. The monoisotopic (exact) mass is 310 g/mol. The van der Waals surface area contributed by atoms with Gasteiger partial charge in [0, 0.05) is 13.1 Å². The van der Waals surface area contributed by atoms with E-state index in [2.05, 4.69) is 12.2 Å². The van der Waals surface area contributed by atoms with Gasteiger partial charge in [0.2, 0.25) is 10.0 Å². The van der Waals surface area contributed by atoms with Crippen molar-refractivity contribution < 1.29 is 8.42 Å². The number of nitrogens with one attached hydrogen (secondary N) is 1. The van der Waals surface area contributed by atoms with Gasteiger partial charge in [0.1, 0.15) is 0 Å². The summed E-state index contributed by atoms with van der Waals surface area (Å²) in [5, 5.41) is 3.10. The number of sulfonamides is 1. The lowest BCUT2D eigenvalue weighted by Crippen LogP contribution is -2.32. The number of likely N-dealkylation sites (N-methyl/N-ethyl adjacent to an activating group) is 1. The van der Waals surface area contributed by atoms with Crippen LogP contribution >= 0.6 is 0 Å². The van der Waals surface area contributed by atoms with Crippen LogP contribution in [0.5, 0.6) is 0 Å². The van der Waals surface area contributed by atoms with Crippen molar-refractivity contribution in [1.82, 2.24) is 9.62 Å². The maximum Gasteiger partial charge on any atom is 0.243 e. The molecule has 1 heterocycles. The van der Waals surface area contributed by atoms with Crippen LogP contribution in [0.2, 0.25) is 0 Å². The molecule has 1 fully saturated rings. The number of benzene rings is 1. The molecule has 0 amide bonds. The Balaban J connectivity index is 2.11. The molecule has 21 heavy (non-hydrogen) atoms. The molecule has 2 rings (SSSR count). The topological polar surface area (TPSA) is 49.4 Å². The van der Waals surface area contributed by atoms with Crippen molar-refractivity contribution in [3.8, 4) is 0 Å². The molecule has 5 heteroatoms. The summed E-state index contributed by atoms with van der Waals surface area (Å²) < 4.78 is 27.0. The average Bonchev–Trinajstić information content (AvgIpc) is 2.70. The highest BCUT2D eigenvalue weighted by Gasteiger charge is 2.26. The molecule has 4 nitrogen and oxygen atoms in total. The summed E-state index contributed by atoms with van der Waals surface area (Å²) in [5.41, 5.74) is 1.16. The zero-order chi connectivity index (χ0) is 15.3. The molecule has 1 unspecified atom stereocenters. The van der Waals surface area contributed by atoms with E-state index in [0.717, 1.165) is 37.8 Å². The molecule has 1 aliphatic heterocycles. The molecular weight excluding hydrogens is 284 g/mol. The third-order valence-corrected chi connectivity index (χ3v) is 6.11. The van der Waals surface area contributed by atoms with Crippen molar-refractivity contribution in [3.63, 3.8) is 0 Å². The van der Waals surface area contributed by atoms with Gasteiger partial charge in [0.25, 0.3) is 0 Å². The van der Waals surface area contributed by atoms with Gasteiger partial charge in [-0.2, -0.15) is 4.31 Å². The summed E-state index contributed by atoms with van der Waals surface area (Å²) in [6, 6.07) is 7.33. The summed E-state index contributed by atoms with van der Waals surface area (Å²) in [4.78, 5) is 0.422. The second-order valence-electron chi connectivity index (χ2n) is 5.94. The third kappa shape index (κ3) is 4.28. The lowest BCUT2D eigenvalue weighted by Gasteiger charge is -2.20. The quantitative estimate of drug-likeness (QED) is 0.907. The second kappa shape index (κ2) is 7.38. The zero-order valence-corrected chi connectivity index (χ0v) is 13.8. The number of hydrogen-bond donors (Lipinski definition) is 1. The first-order chi connectivity index (χ1) is 10.0. The Labute approximate surface area is 128 Å². The minimum Gasteiger partial charge on any atom is -0.319 e. The highest BCUT2D eigenvalue weighted by Crippen LogP contribution is 2.23. The van der Waals surface area contributed by atoms with Gasteiger partial charge >= 0.3 is 0 Å². The van der Waals surface area contributed by atoms with Crippen molar-refractivity contribution in [2.75, 3.05) is 26.7 Å². The van der Waals surface area contributed by atoms with E-state index in [1.165, 1.54) is 0 Å². The molecule has 0 spiro atoms. The van der Waals surface area contributed by atoms with Crippen LogP contribution in [0.25, 0.3) is 0 Å². The van der Waals surface area contributed by atoms with Crippen molar-refractivity contribution in [2.45, 2.75) is 37.5 Å². The van der Waals surface area contributed by atoms with Crippen molar-refractivity contribution in [1.29, 1.82) is 0 Å². The van der Waals surface area contributed by atoms with Crippen LogP contribution in [0.3, 0.4) is 0 Å². The Kier molecular flexibility index (Phi) is 5.79. The SMILES string of the molecule is CNCCc1ccc(S(=O)(=O)N2CCCC(C)CC2)cc1. The summed E-state index contributed by atoms with van der Waals surface area (Å²) in [6.07, 6.45) is 3.95. The predicted molar refractivity (Wildman–Crippen MR) is 85.8 cm³/mol. The maximum atomic E-state index is 12.7. The molecule has 0 saturated carbocycles. The molecule has 0 aromatic heterocycles. The second-order valence-corrected chi connectivity index (χ2v) is 7.88. The first-order valence-corrected chi connectivity index (χ1v) is 9.21. The highest BCUT2D eigenvalue weighted by atomic mass is 32.2. The molecular formula is C16H26N2O2S. The zero-order valence-electron chi connectivity index (χ0n) is 13.0. The van der Waals surface area contributed by atoms with Crippen LogP contribution in [0.1, 0.15) is 31.7 Å². The van der Waals surface area contributed by atoms with E-state index in [1.807, 2.05) is 19.2 Å². The van der Waals surface area contributed by atoms with Crippen molar-refractivity contribution >= 4 is 10.0 Å². The van der Waals surface area contributed by atoms with Gasteiger partial charge in [-0.3, -0.25) is 0 Å². The van der Waals surface area contributed by atoms with Crippen LogP contribution in [-0.4, -0.2) is 39.4 Å². The van der Waals surface area contributed by atoms with Crippen molar-refractivity contribution in [2.24, 2.45) is 5.92 Å². The first-order valence-electron chi connectivity index (χ1n) is 7.77. The molecule has 1 aromatic rings. The standard InChI is InChI=1S/C16H26N2O2S/c1-14-4-3-12-18(13-10-14)21(19,20)16-7-5-15(6-8-16)9-11-17-2/h5-8,14,17H,3-4,9-13H2,1-2H3. The van der Waals surface area contributed by atoms with Gasteiger partial charge in [-0.15, -0.1) is 0 Å². The Hall–Kier alpha value is -0.910. The lowest BCUT2D eigenvalue weighted by atomic mass is 10.0. The summed E-state index contributed by atoms with van der Waals surface area (Å²) in [7, 11) is -1.41. The van der Waals surface area contributed by atoms with E-state index in [1.54, 1.807) is 16.4 Å². The molecule has 1 N–H and O–H groups in total. The normalized spacial score (nSPS) is 21.1. The molecule has 1 aliphatic rings. The summed E-state index contributed by atoms with van der Waals surface area (Å²) >= 11 is 0. The average molecular weight is 310 g/mol. The molecule has 1 atom stereocenters. The molecule has 118 valence electrons. The van der Waals surface area contributed by atoms with E-state index >= 15 is 0 Å². The van der Waals surface area contributed by atoms with Crippen LogP contribution in [0, 0.1) is 5.92 Å². The summed E-state index contributed by atoms with van der Waals surface area (Å²) in [5.74, 6) is 0.620. The van der Waals surface area contributed by atoms with E-state index in [9.17, 15) is 8.42 Å². The van der Waals surface area contributed by atoms with Crippen LogP contribution < -0.4 is 5.32 Å². The van der Waals surface area contributed by atoms with E-state index in [4.69, 9.17) is 0 Å². The van der Waals surface area contributed by atoms with Crippen molar-refractivity contribution in [3.05, 3.63) is 29.8 Å². The van der Waals surface area contributed by atoms with Crippen LogP contribution in [-0.2, 0) is 16.4 Å². The van der Waals surface area contributed by atoms with E-state index < -0.39 is 10.0 Å². The fraction of sp³-hybridized carbons (Fsp3) is 0.625. The maximum absolute atomic E-state index is 12.7. The first kappa shape index (κ1) is 16.5. The minimum atomic E-state index is -3.33. The Morgan fingerprint density at radius 2 is 1.90 bits per heavy atom. The predicted octanol–water partition coefficient (Wildman–Crippen LogP) is 2.26. The fourth-order valence-electron chi connectivity index (χ4n) is 2.72. The molecule has 1 saturated heterocycles. The van der Waals surface area contributed by atoms with Gasteiger partial charge < -0.3 is 5.32 Å². The fourth-order valence-corrected chi connectivity index (χ4v) is 4.22.